The number of esters is 3. The van der Waals surface area contributed by atoms with Gasteiger partial charge in [0, 0.05) is 34.0 Å². The molecule has 0 aliphatic carbocycles. The van der Waals surface area contributed by atoms with Gasteiger partial charge in [0.2, 0.25) is 0 Å². The van der Waals surface area contributed by atoms with Gasteiger partial charge in [0.1, 0.15) is 18.5 Å². The van der Waals surface area contributed by atoms with Crippen LogP contribution in [0.5, 0.6) is 0 Å². The fourth-order valence-electron chi connectivity index (χ4n) is 2.66. The lowest BCUT2D eigenvalue weighted by Crippen LogP contribution is -2.41. The largest absolute Gasteiger partial charge is 0.463 e. The van der Waals surface area contributed by atoms with Crippen LogP contribution in [0.25, 0.3) is 0 Å². The van der Waals surface area contributed by atoms with Crippen molar-refractivity contribution in [2.24, 2.45) is 0 Å². The molecule has 0 unspecified atom stereocenters. The van der Waals surface area contributed by atoms with Crippen molar-refractivity contribution in [1.29, 1.82) is 0 Å². The molecule has 4 atom stereocenters. The Morgan fingerprint density at radius 3 is 2.30 bits per heavy atom. The Kier molecular flexibility index (Phi) is 6.50. The smallest absolute Gasteiger partial charge is 0.351 e. The average molecular weight is 383 g/mol. The Bertz CT molecular complexity index is 777. The first-order valence-electron chi connectivity index (χ1n) is 8.13. The van der Waals surface area contributed by atoms with E-state index in [0.717, 1.165) is 4.57 Å². The Labute approximate surface area is 154 Å². The van der Waals surface area contributed by atoms with Gasteiger partial charge in [0.05, 0.1) is 0 Å². The predicted octanol–water partition coefficient (Wildman–Crippen LogP) is -0.391. The molecule has 1 aromatic rings. The summed E-state index contributed by atoms with van der Waals surface area (Å²) in [6.45, 7) is 3.31. The maximum Gasteiger partial charge on any atom is 0.351 e. The van der Waals surface area contributed by atoms with Crippen LogP contribution in [0.1, 0.15) is 27.0 Å². The van der Waals surface area contributed by atoms with E-state index in [9.17, 15) is 19.2 Å². The van der Waals surface area contributed by atoms with Gasteiger partial charge in [-0.15, -0.1) is 0 Å². The van der Waals surface area contributed by atoms with Crippen molar-refractivity contribution >= 4 is 23.7 Å². The molecule has 1 aliphatic heterocycles. The van der Waals surface area contributed by atoms with E-state index >= 15 is 0 Å². The molecule has 2 heterocycles. The highest BCUT2D eigenvalue weighted by Gasteiger charge is 2.50. The second-order valence-corrected chi connectivity index (χ2v) is 5.77. The standard InChI is InChI=1S/C16H21N3O8/c1-8(20)24-7-11-13(25-9(2)21)14(26-10(3)22)15(27-11)19-6-5-12(17-4)18-16(19)23/h5-6,11,13-15H,7H2,1-4H3,(H,17,18,23)/t11-,13-,14-,15-/m1/s1. The molecule has 1 saturated heterocycles. The summed E-state index contributed by atoms with van der Waals surface area (Å²) in [7, 11) is 1.60. The Morgan fingerprint density at radius 2 is 1.78 bits per heavy atom. The third-order valence-corrected chi connectivity index (χ3v) is 3.70. The van der Waals surface area contributed by atoms with Gasteiger partial charge in [-0.25, -0.2) is 4.79 Å². The molecule has 0 saturated carbocycles. The van der Waals surface area contributed by atoms with Crippen LogP contribution in [0, 0.1) is 0 Å². The molecule has 1 aliphatic rings. The third-order valence-electron chi connectivity index (χ3n) is 3.70. The number of anilines is 1. The van der Waals surface area contributed by atoms with Crippen LogP contribution >= 0.6 is 0 Å². The summed E-state index contributed by atoms with van der Waals surface area (Å²) in [5.74, 6) is -1.53. The van der Waals surface area contributed by atoms with Crippen molar-refractivity contribution in [2.45, 2.75) is 45.3 Å². The number of ether oxygens (including phenoxy) is 4. The van der Waals surface area contributed by atoms with Gasteiger partial charge in [-0.3, -0.25) is 19.0 Å². The van der Waals surface area contributed by atoms with Crippen LogP contribution < -0.4 is 11.0 Å². The summed E-state index contributed by atoms with van der Waals surface area (Å²) in [6.07, 6.45) is -2.87. The van der Waals surface area contributed by atoms with Crippen molar-refractivity contribution < 1.29 is 33.3 Å². The van der Waals surface area contributed by atoms with E-state index < -0.39 is 48.1 Å². The third kappa shape index (κ3) is 5.03. The number of carbonyl (C=O) groups is 3. The highest BCUT2D eigenvalue weighted by Crippen LogP contribution is 2.33. The van der Waals surface area contributed by atoms with Crippen molar-refractivity contribution in [1.82, 2.24) is 9.55 Å². The zero-order chi connectivity index (χ0) is 20.1. The molecular formula is C16H21N3O8. The molecule has 2 rings (SSSR count). The quantitative estimate of drug-likeness (QED) is 0.511. The first-order chi connectivity index (χ1) is 12.7. The first-order valence-corrected chi connectivity index (χ1v) is 8.13. The minimum absolute atomic E-state index is 0.252. The van der Waals surface area contributed by atoms with Crippen molar-refractivity contribution in [3.63, 3.8) is 0 Å². The Hall–Kier alpha value is -2.95. The van der Waals surface area contributed by atoms with E-state index in [1.54, 1.807) is 7.05 Å². The van der Waals surface area contributed by atoms with Crippen molar-refractivity contribution in [2.75, 3.05) is 19.0 Å². The molecule has 0 spiro atoms. The molecule has 0 radical (unpaired) electrons. The number of hydrogen-bond acceptors (Lipinski definition) is 10. The Morgan fingerprint density at radius 1 is 1.15 bits per heavy atom. The lowest BCUT2D eigenvalue weighted by Gasteiger charge is -2.23. The lowest BCUT2D eigenvalue weighted by molar-refractivity contribution is -0.166. The second-order valence-electron chi connectivity index (χ2n) is 5.77. The second kappa shape index (κ2) is 8.62. The molecule has 1 fully saturated rings. The molecule has 0 bridgehead atoms. The van der Waals surface area contributed by atoms with E-state index in [-0.39, 0.29) is 6.61 Å². The van der Waals surface area contributed by atoms with Crippen LogP contribution in [0.3, 0.4) is 0 Å². The summed E-state index contributed by atoms with van der Waals surface area (Å²) in [4.78, 5) is 50.3. The molecule has 1 aromatic heterocycles. The summed E-state index contributed by atoms with van der Waals surface area (Å²) in [6, 6.07) is 1.52. The van der Waals surface area contributed by atoms with E-state index in [0.29, 0.717) is 5.82 Å². The summed E-state index contributed by atoms with van der Waals surface area (Å²) in [5, 5.41) is 2.73. The number of carbonyl (C=O) groups excluding carboxylic acids is 3. The molecular weight excluding hydrogens is 362 g/mol. The Balaban J connectivity index is 2.40. The highest BCUT2D eigenvalue weighted by molar-refractivity contribution is 5.68. The van der Waals surface area contributed by atoms with Gasteiger partial charge >= 0.3 is 23.6 Å². The molecule has 11 heteroatoms. The van der Waals surface area contributed by atoms with Crippen molar-refractivity contribution in [3.05, 3.63) is 22.7 Å². The first kappa shape index (κ1) is 20.4. The van der Waals surface area contributed by atoms with Crippen LogP contribution in [-0.2, 0) is 33.3 Å². The summed E-state index contributed by atoms with van der Waals surface area (Å²) < 4.78 is 22.3. The number of hydrogen-bond donors (Lipinski definition) is 1. The number of rotatable bonds is 6. The molecule has 27 heavy (non-hydrogen) atoms. The van der Waals surface area contributed by atoms with Gasteiger partial charge < -0.3 is 24.3 Å². The van der Waals surface area contributed by atoms with E-state index in [1.165, 1.54) is 33.0 Å². The van der Waals surface area contributed by atoms with Gasteiger partial charge in [-0.2, -0.15) is 4.98 Å². The van der Waals surface area contributed by atoms with E-state index in [4.69, 9.17) is 18.9 Å². The van der Waals surface area contributed by atoms with E-state index in [2.05, 4.69) is 10.3 Å². The zero-order valence-electron chi connectivity index (χ0n) is 15.3. The number of nitrogens with one attached hydrogen (secondary N) is 1. The lowest BCUT2D eigenvalue weighted by atomic mass is 10.1. The molecule has 0 aromatic carbocycles. The van der Waals surface area contributed by atoms with Gasteiger partial charge in [-0.05, 0) is 6.07 Å². The van der Waals surface area contributed by atoms with Gasteiger partial charge in [0.15, 0.2) is 18.4 Å². The monoisotopic (exact) mass is 383 g/mol. The normalized spacial score (nSPS) is 24.1. The summed E-state index contributed by atoms with van der Waals surface area (Å²) in [5.41, 5.74) is -0.668. The minimum Gasteiger partial charge on any atom is -0.463 e. The van der Waals surface area contributed by atoms with Crippen LogP contribution in [0.15, 0.2) is 17.1 Å². The van der Waals surface area contributed by atoms with Crippen molar-refractivity contribution in [3.8, 4) is 0 Å². The molecule has 1 N–H and O–H groups in total. The number of nitrogens with zero attached hydrogens (tertiary/aromatic N) is 2. The molecule has 148 valence electrons. The maximum absolute atomic E-state index is 12.3. The van der Waals surface area contributed by atoms with Crippen LogP contribution in [-0.4, -0.2) is 59.4 Å². The average Bonchev–Trinajstić information content (AvgIpc) is 2.89. The molecule has 11 nitrogen and oxygen atoms in total. The fourth-order valence-corrected chi connectivity index (χ4v) is 2.66. The minimum atomic E-state index is -1.13. The molecule has 0 amide bonds. The van der Waals surface area contributed by atoms with E-state index in [1.807, 2.05) is 0 Å². The highest BCUT2D eigenvalue weighted by atomic mass is 16.7. The zero-order valence-corrected chi connectivity index (χ0v) is 15.3. The fraction of sp³-hybridized carbons (Fsp3) is 0.562. The SMILES string of the molecule is CNc1ccn([C@@H]2O[C@H](COC(C)=O)[C@@H](OC(C)=O)[C@H]2OC(C)=O)c(=O)n1. The number of aromatic nitrogens is 2. The maximum atomic E-state index is 12.3. The van der Waals surface area contributed by atoms with Crippen LogP contribution in [0.4, 0.5) is 5.82 Å². The summed E-state index contributed by atoms with van der Waals surface area (Å²) >= 11 is 0. The van der Waals surface area contributed by atoms with Gasteiger partial charge in [0.25, 0.3) is 0 Å². The van der Waals surface area contributed by atoms with Crippen LogP contribution in [0.2, 0.25) is 0 Å². The van der Waals surface area contributed by atoms with Gasteiger partial charge in [-0.1, -0.05) is 0 Å². The predicted molar refractivity (Wildman–Crippen MR) is 89.7 cm³/mol. The topological polar surface area (TPSA) is 135 Å².